The highest BCUT2D eigenvalue weighted by molar-refractivity contribution is 7.99. The molecule has 0 spiro atoms. The van der Waals surface area contributed by atoms with Gasteiger partial charge in [-0.15, -0.1) is 0 Å². The van der Waals surface area contributed by atoms with Crippen LogP contribution in [0.15, 0.2) is 11.2 Å². The van der Waals surface area contributed by atoms with Crippen molar-refractivity contribution in [3.8, 4) is 0 Å². The van der Waals surface area contributed by atoms with Crippen molar-refractivity contribution >= 4 is 23.4 Å². The van der Waals surface area contributed by atoms with E-state index in [2.05, 4.69) is 27.5 Å². The lowest BCUT2D eigenvalue weighted by molar-refractivity contribution is 0.356. The van der Waals surface area contributed by atoms with E-state index in [9.17, 15) is 4.39 Å². The summed E-state index contributed by atoms with van der Waals surface area (Å²) in [5, 5.41) is 7.03. The average Bonchev–Trinajstić information content (AvgIpc) is 2.82. The van der Waals surface area contributed by atoms with Crippen LogP contribution in [-0.2, 0) is 0 Å². The second-order valence-electron chi connectivity index (χ2n) is 4.98. The molecule has 1 fully saturated rings. The van der Waals surface area contributed by atoms with Gasteiger partial charge in [-0.1, -0.05) is 25.1 Å². The second kappa shape index (κ2) is 7.64. The summed E-state index contributed by atoms with van der Waals surface area (Å²) in [5.74, 6) is 2.16. The predicted octanol–water partition coefficient (Wildman–Crippen LogP) is 2.06. The number of rotatable bonds is 7. The lowest BCUT2D eigenvalue weighted by Crippen LogP contribution is -2.29. The number of unbranched alkanes of at least 4 members (excludes halogenated alkanes) is 1. The number of halogens is 1. The zero-order valence-corrected chi connectivity index (χ0v) is 12.5. The Morgan fingerprint density at radius 3 is 3.10 bits per heavy atom. The Morgan fingerprint density at radius 2 is 2.40 bits per heavy atom. The van der Waals surface area contributed by atoms with Gasteiger partial charge in [-0.25, -0.2) is 14.4 Å². The van der Waals surface area contributed by atoms with Crippen LogP contribution in [0.2, 0.25) is 0 Å². The summed E-state index contributed by atoms with van der Waals surface area (Å²) in [6.07, 6.45) is 2.09. The third kappa shape index (κ3) is 4.79. The van der Waals surface area contributed by atoms with E-state index in [0.717, 1.165) is 18.6 Å². The van der Waals surface area contributed by atoms with Crippen molar-refractivity contribution in [2.45, 2.75) is 43.6 Å². The maximum Gasteiger partial charge on any atom is 0.191 e. The molecule has 1 saturated heterocycles. The third-order valence-electron chi connectivity index (χ3n) is 3.15. The minimum atomic E-state index is -0.738. The number of nitrogens with two attached hydrogens (primary N) is 1. The first-order valence-electron chi connectivity index (χ1n) is 7.06. The van der Waals surface area contributed by atoms with Crippen LogP contribution in [0.4, 0.5) is 16.0 Å². The highest BCUT2D eigenvalue weighted by Gasteiger charge is 2.23. The molecule has 0 aliphatic carbocycles. The summed E-state index contributed by atoms with van der Waals surface area (Å²) in [6.45, 7) is 3.24. The van der Waals surface area contributed by atoms with E-state index in [1.165, 1.54) is 0 Å². The monoisotopic (exact) mass is 299 g/mol. The molecule has 1 aromatic rings. The van der Waals surface area contributed by atoms with Crippen molar-refractivity contribution in [1.82, 2.24) is 15.3 Å². The first kappa shape index (κ1) is 15.3. The van der Waals surface area contributed by atoms with Gasteiger partial charge in [0.1, 0.15) is 17.8 Å². The summed E-state index contributed by atoms with van der Waals surface area (Å²) >= 11 is 1.61. The molecule has 20 heavy (non-hydrogen) atoms. The first-order valence-corrected chi connectivity index (χ1v) is 8.04. The molecule has 5 nitrogen and oxygen atoms in total. The van der Waals surface area contributed by atoms with Gasteiger partial charge >= 0.3 is 0 Å². The Kier molecular flexibility index (Phi) is 5.85. The minimum absolute atomic E-state index is 0.150. The lowest BCUT2D eigenvalue weighted by atomic mass is 10.2. The molecular formula is C13H22FN5S. The van der Waals surface area contributed by atoms with E-state index in [4.69, 9.17) is 5.73 Å². The van der Waals surface area contributed by atoms with Crippen LogP contribution in [-0.4, -0.2) is 41.0 Å². The van der Waals surface area contributed by atoms with Crippen molar-refractivity contribution < 1.29 is 4.39 Å². The van der Waals surface area contributed by atoms with Crippen LogP contribution in [0.5, 0.6) is 0 Å². The number of nitrogens with zero attached hydrogens (tertiary/aromatic N) is 2. The fourth-order valence-corrected chi connectivity index (χ4v) is 3.01. The summed E-state index contributed by atoms with van der Waals surface area (Å²) in [7, 11) is 0. The van der Waals surface area contributed by atoms with Gasteiger partial charge in [0.05, 0.1) is 0 Å². The predicted molar refractivity (Wildman–Crippen MR) is 81.9 cm³/mol. The van der Waals surface area contributed by atoms with Crippen LogP contribution >= 0.6 is 11.8 Å². The van der Waals surface area contributed by atoms with Gasteiger partial charge in [0.25, 0.3) is 0 Å². The molecule has 0 amide bonds. The molecule has 7 heteroatoms. The Labute approximate surface area is 123 Å². The molecule has 1 aliphatic heterocycles. The molecule has 2 rings (SSSR count). The number of hydrogen-bond donors (Lipinski definition) is 3. The molecule has 2 atom stereocenters. The first-order chi connectivity index (χ1) is 9.67. The maximum atomic E-state index is 13.1. The molecule has 0 saturated carbocycles. The molecule has 4 N–H and O–H groups in total. The van der Waals surface area contributed by atoms with Gasteiger partial charge in [0.15, 0.2) is 5.16 Å². The maximum absolute atomic E-state index is 13.1. The van der Waals surface area contributed by atoms with E-state index in [1.54, 1.807) is 17.8 Å². The van der Waals surface area contributed by atoms with Crippen molar-refractivity contribution in [2.24, 2.45) is 0 Å². The van der Waals surface area contributed by atoms with Crippen molar-refractivity contribution in [1.29, 1.82) is 0 Å². The van der Waals surface area contributed by atoms with E-state index in [-0.39, 0.29) is 6.04 Å². The van der Waals surface area contributed by atoms with Gasteiger partial charge in [0.2, 0.25) is 0 Å². The number of nitrogen functional groups attached to an aromatic ring is 1. The van der Waals surface area contributed by atoms with E-state index in [1.807, 2.05) is 0 Å². The molecule has 0 unspecified atom stereocenters. The van der Waals surface area contributed by atoms with E-state index < -0.39 is 6.17 Å². The third-order valence-corrected chi connectivity index (χ3v) is 4.09. The number of alkyl halides is 1. The van der Waals surface area contributed by atoms with Crippen molar-refractivity contribution in [2.75, 3.05) is 29.9 Å². The zero-order chi connectivity index (χ0) is 14.4. The number of thioether (sulfide) groups is 1. The number of anilines is 2. The van der Waals surface area contributed by atoms with Gasteiger partial charge in [-0.2, -0.15) is 0 Å². The zero-order valence-electron chi connectivity index (χ0n) is 11.7. The van der Waals surface area contributed by atoms with Gasteiger partial charge in [-0.05, 0) is 12.8 Å². The Morgan fingerprint density at radius 1 is 1.55 bits per heavy atom. The van der Waals surface area contributed by atoms with E-state index in [0.29, 0.717) is 36.3 Å². The summed E-state index contributed by atoms with van der Waals surface area (Å²) in [6, 6.07) is 1.86. The fourth-order valence-electron chi connectivity index (χ4n) is 2.06. The lowest BCUT2D eigenvalue weighted by Gasteiger charge is -2.12. The highest BCUT2D eigenvalue weighted by atomic mass is 32.2. The average molecular weight is 299 g/mol. The Balaban J connectivity index is 1.86. The molecule has 0 aromatic carbocycles. The molecule has 2 heterocycles. The molecule has 0 radical (unpaired) electrons. The molecule has 1 aromatic heterocycles. The largest absolute Gasteiger partial charge is 0.383 e. The molecule has 1 aliphatic rings. The quantitative estimate of drug-likeness (QED) is 0.406. The van der Waals surface area contributed by atoms with Crippen LogP contribution in [0, 0.1) is 0 Å². The smallest absolute Gasteiger partial charge is 0.191 e. The minimum Gasteiger partial charge on any atom is -0.383 e. The second-order valence-corrected chi connectivity index (χ2v) is 6.04. The number of aromatic nitrogens is 2. The topological polar surface area (TPSA) is 75.9 Å². The van der Waals surface area contributed by atoms with Crippen molar-refractivity contribution in [3.05, 3.63) is 6.07 Å². The van der Waals surface area contributed by atoms with Crippen LogP contribution in [0.3, 0.4) is 0 Å². The Hall–Kier alpha value is -1.08. The van der Waals surface area contributed by atoms with Gasteiger partial charge in [-0.3, -0.25) is 0 Å². The summed E-state index contributed by atoms with van der Waals surface area (Å²) in [5.41, 5.74) is 5.79. The molecular weight excluding hydrogens is 277 g/mol. The Bertz CT molecular complexity index is 431. The normalized spacial score (nSPS) is 22.1. The summed E-state index contributed by atoms with van der Waals surface area (Å²) in [4.78, 5) is 8.64. The standard InChI is InChI=1S/C13H22FN5S/c1-2-3-4-20-13-18-11(15)6-12(19-13)17-8-10-5-9(14)7-16-10/h6,9-10,16H,2-5,7-8H2,1H3,(H3,15,17,18,19)/t9-,10-/m0/s1. The van der Waals surface area contributed by atoms with Crippen molar-refractivity contribution in [3.63, 3.8) is 0 Å². The van der Waals surface area contributed by atoms with Gasteiger partial charge in [0, 0.05) is 31.0 Å². The van der Waals surface area contributed by atoms with Crippen LogP contribution in [0.1, 0.15) is 26.2 Å². The van der Waals surface area contributed by atoms with Crippen LogP contribution in [0.25, 0.3) is 0 Å². The highest BCUT2D eigenvalue weighted by Crippen LogP contribution is 2.19. The number of nitrogens with one attached hydrogen (secondary N) is 2. The molecule has 112 valence electrons. The van der Waals surface area contributed by atoms with E-state index >= 15 is 0 Å². The van der Waals surface area contributed by atoms with Gasteiger partial charge < -0.3 is 16.4 Å². The van der Waals surface area contributed by atoms with Crippen LogP contribution < -0.4 is 16.4 Å². The number of hydrogen-bond acceptors (Lipinski definition) is 6. The summed E-state index contributed by atoms with van der Waals surface area (Å²) < 4.78 is 13.1. The fraction of sp³-hybridized carbons (Fsp3) is 0.692. The molecule has 0 bridgehead atoms. The SMILES string of the molecule is CCCCSc1nc(N)cc(NC[C@@H]2C[C@H](F)CN2)n1.